The molecule has 0 aromatic rings. The molecule has 2 nitrogen and oxygen atoms in total. The van der Waals surface area contributed by atoms with E-state index in [9.17, 15) is 5.11 Å². The quantitative estimate of drug-likeness (QED) is 0.479. The highest BCUT2D eigenvalue weighted by Gasteiger charge is 2.33. The van der Waals surface area contributed by atoms with Gasteiger partial charge in [0.05, 0.1) is 6.10 Å². The molecule has 0 aromatic heterocycles. The average molecular weight is 212 g/mol. The largest absolute Gasteiger partial charge is 0.396 e. The standard InChI is InChI=1S/C13H24O2/c1-2-13(15)12-9-8-11(12)7-5-3-4-6-10-14/h2,11-15H,1,3-10H2/t11-,12?,13?/m1/s1. The summed E-state index contributed by atoms with van der Waals surface area (Å²) in [6, 6.07) is 0. The van der Waals surface area contributed by atoms with Crippen LogP contribution in [0.25, 0.3) is 0 Å². The highest BCUT2D eigenvalue weighted by molar-refractivity contribution is 4.93. The number of aliphatic hydroxyl groups is 2. The fourth-order valence-electron chi connectivity index (χ4n) is 2.45. The van der Waals surface area contributed by atoms with E-state index in [0.717, 1.165) is 19.3 Å². The molecule has 2 heteroatoms. The Bertz CT molecular complexity index is 179. The second-order valence-electron chi connectivity index (χ2n) is 4.65. The first kappa shape index (κ1) is 12.7. The summed E-state index contributed by atoms with van der Waals surface area (Å²) in [7, 11) is 0. The average Bonchev–Trinajstić information content (AvgIpc) is 2.21. The Hall–Kier alpha value is -0.340. The lowest BCUT2D eigenvalue weighted by molar-refractivity contribution is 0.0374. The third-order valence-corrected chi connectivity index (χ3v) is 3.64. The van der Waals surface area contributed by atoms with Gasteiger partial charge in [-0.25, -0.2) is 0 Å². The molecule has 2 N–H and O–H groups in total. The number of aliphatic hydroxyl groups excluding tert-OH is 2. The van der Waals surface area contributed by atoms with Gasteiger partial charge in [-0.1, -0.05) is 31.8 Å². The minimum Gasteiger partial charge on any atom is -0.396 e. The highest BCUT2D eigenvalue weighted by Crippen LogP contribution is 2.40. The molecule has 0 spiro atoms. The van der Waals surface area contributed by atoms with Crippen molar-refractivity contribution in [2.75, 3.05) is 6.61 Å². The van der Waals surface area contributed by atoms with Gasteiger partial charge in [0, 0.05) is 6.61 Å². The highest BCUT2D eigenvalue weighted by atomic mass is 16.3. The molecule has 15 heavy (non-hydrogen) atoms. The van der Waals surface area contributed by atoms with Crippen LogP contribution in [0.3, 0.4) is 0 Å². The van der Waals surface area contributed by atoms with Crippen molar-refractivity contribution in [3.05, 3.63) is 12.7 Å². The van der Waals surface area contributed by atoms with Crippen molar-refractivity contribution < 1.29 is 10.2 Å². The van der Waals surface area contributed by atoms with Crippen LogP contribution in [0.1, 0.15) is 44.9 Å². The molecule has 0 aromatic carbocycles. The van der Waals surface area contributed by atoms with Crippen LogP contribution >= 0.6 is 0 Å². The minimum absolute atomic E-state index is 0.291. The molecule has 1 rings (SSSR count). The van der Waals surface area contributed by atoms with Crippen LogP contribution < -0.4 is 0 Å². The van der Waals surface area contributed by atoms with Gasteiger partial charge in [0.2, 0.25) is 0 Å². The van der Waals surface area contributed by atoms with Crippen molar-refractivity contribution in [2.45, 2.75) is 51.0 Å². The van der Waals surface area contributed by atoms with Gasteiger partial charge >= 0.3 is 0 Å². The summed E-state index contributed by atoms with van der Waals surface area (Å²) in [5.74, 6) is 1.19. The van der Waals surface area contributed by atoms with Crippen LogP contribution in [0.15, 0.2) is 12.7 Å². The summed E-state index contributed by atoms with van der Waals surface area (Å²) in [5.41, 5.74) is 0. The molecule has 1 aliphatic rings. The first-order valence-corrected chi connectivity index (χ1v) is 6.21. The fraction of sp³-hybridized carbons (Fsp3) is 0.846. The van der Waals surface area contributed by atoms with Crippen LogP contribution in [0.2, 0.25) is 0 Å². The lowest BCUT2D eigenvalue weighted by Crippen LogP contribution is -2.34. The number of hydrogen-bond donors (Lipinski definition) is 2. The molecule has 0 amide bonds. The molecule has 3 atom stereocenters. The van der Waals surface area contributed by atoms with E-state index in [1.807, 2.05) is 0 Å². The van der Waals surface area contributed by atoms with Crippen molar-refractivity contribution in [1.82, 2.24) is 0 Å². The van der Waals surface area contributed by atoms with Crippen LogP contribution in [0.4, 0.5) is 0 Å². The van der Waals surface area contributed by atoms with E-state index < -0.39 is 0 Å². The van der Waals surface area contributed by atoms with Crippen LogP contribution in [-0.2, 0) is 0 Å². The van der Waals surface area contributed by atoms with Gasteiger partial charge in [-0.05, 0) is 31.1 Å². The molecule has 0 heterocycles. The predicted octanol–water partition coefficient (Wildman–Crippen LogP) is 2.50. The number of unbranched alkanes of at least 4 members (excludes halogenated alkanes) is 3. The van der Waals surface area contributed by atoms with Gasteiger partial charge < -0.3 is 10.2 Å². The van der Waals surface area contributed by atoms with Gasteiger partial charge in [0.25, 0.3) is 0 Å². The summed E-state index contributed by atoms with van der Waals surface area (Å²) < 4.78 is 0. The monoisotopic (exact) mass is 212 g/mol. The topological polar surface area (TPSA) is 40.5 Å². The summed E-state index contributed by atoms with van der Waals surface area (Å²) >= 11 is 0. The Morgan fingerprint density at radius 3 is 2.47 bits per heavy atom. The minimum atomic E-state index is -0.291. The Labute approximate surface area is 93.0 Å². The third kappa shape index (κ3) is 3.96. The van der Waals surface area contributed by atoms with Crippen molar-refractivity contribution in [1.29, 1.82) is 0 Å². The summed E-state index contributed by atoms with van der Waals surface area (Å²) in [6.07, 6.45) is 9.58. The van der Waals surface area contributed by atoms with Gasteiger partial charge in [-0.2, -0.15) is 0 Å². The third-order valence-electron chi connectivity index (χ3n) is 3.64. The molecule has 0 bridgehead atoms. The number of rotatable bonds is 8. The molecule has 2 unspecified atom stereocenters. The maximum Gasteiger partial charge on any atom is 0.0749 e. The van der Waals surface area contributed by atoms with Gasteiger partial charge in [-0.15, -0.1) is 6.58 Å². The molecular weight excluding hydrogens is 188 g/mol. The zero-order valence-electron chi connectivity index (χ0n) is 9.57. The normalized spacial score (nSPS) is 27.1. The second kappa shape index (κ2) is 7.02. The van der Waals surface area contributed by atoms with E-state index in [1.54, 1.807) is 6.08 Å². The molecule has 0 radical (unpaired) electrons. The maximum absolute atomic E-state index is 9.64. The summed E-state index contributed by atoms with van der Waals surface area (Å²) in [4.78, 5) is 0. The maximum atomic E-state index is 9.64. The predicted molar refractivity (Wildman–Crippen MR) is 62.6 cm³/mol. The summed E-state index contributed by atoms with van der Waals surface area (Å²) in [6.45, 7) is 3.96. The fourth-order valence-corrected chi connectivity index (χ4v) is 2.45. The van der Waals surface area contributed by atoms with Crippen LogP contribution in [-0.4, -0.2) is 22.9 Å². The Morgan fingerprint density at radius 1 is 1.20 bits per heavy atom. The Balaban J connectivity index is 2.04. The van der Waals surface area contributed by atoms with Crippen molar-refractivity contribution in [3.63, 3.8) is 0 Å². The Morgan fingerprint density at radius 2 is 1.93 bits per heavy atom. The molecule has 88 valence electrons. The van der Waals surface area contributed by atoms with Crippen molar-refractivity contribution in [2.24, 2.45) is 11.8 Å². The molecule has 0 aliphatic heterocycles. The lowest BCUT2D eigenvalue weighted by atomic mass is 9.68. The van der Waals surface area contributed by atoms with Crippen molar-refractivity contribution >= 4 is 0 Å². The van der Waals surface area contributed by atoms with Crippen LogP contribution in [0.5, 0.6) is 0 Å². The smallest absolute Gasteiger partial charge is 0.0749 e. The van der Waals surface area contributed by atoms with Gasteiger partial charge in [0.1, 0.15) is 0 Å². The first-order valence-electron chi connectivity index (χ1n) is 6.21. The molecule has 1 fully saturated rings. The van der Waals surface area contributed by atoms with Gasteiger partial charge in [-0.3, -0.25) is 0 Å². The molecule has 1 saturated carbocycles. The van der Waals surface area contributed by atoms with Crippen molar-refractivity contribution in [3.8, 4) is 0 Å². The van der Waals surface area contributed by atoms with E-state index in [4.69, 9.17) is 5.11 Å². The SMILES string of the molecule is C=CC(O)C1CC[C@H]1CCCCCCO. The van der Waals surface area contributed by atoms with E-state index in [0.29, 0.717) is 18.4 Å². The van der Waals surface area contributed by atoms with Crippen LogP contribution in [0, 0.1) is 11.8 Å². The van der Waals surface area contributed by atoms with E-state index in [2.05, 4.69) is 6.58 Å². The summed E-state index contributed by atoms with van der Waals surface area (Å²) in [5, 5.41) is 18.3. The molecule has 0 saturated heterocycles. The zero-order chi connectivity index (χ0) is 11.1. The van der Waals surface area contributed by atoms with E-state index in [1.165, 1.54) is 25.7 Å². The lowest BCUT2D eigenvalue weighted by Gasteiger charge is -2.39. The van der Waals surface area contributed by atoms with E-state index >= 15 is 0 Å². The first-order chi connectivity index (χ1) is 7.29. The molecular formula is C13H24O2. The van der Waals surface area contributed by atoms with E-state index in [-0.39, 0.29) is 6.10 Å². The zero-order valence-corrected chi connectivity index (χ0v) is 9.57. The molecule has 1 aliphatic carbocycles. The second-order valence-corrected chi connectivity index (χ2v) is 4.65. The van der Waals surface area contributed by atoms with Gasteiger partial charge in [0.15, 0.2) is 0 Å². The number of hydrogen-bond acceptors (Lipinski definition) is 2. The Kier molecular flexibility index (Phi) is 5.96.